The van der Waals surface area contributed by atoms with Crippen molar-refractivity contribution < 1.29 is 0 Å². The van der Waals surface area contributed by atoms with E-state index in [2.05, 4.69) is 60.7 Å². The minimum absolute atomic E-state index is 0.0963. The molecular formula is C19H23N. The van der Waals surface area contributed by atoms with Crippen molar-refractivity contribution >= 4 is 0 Å². The predicted octanol–water partition coefficient (Wildman–Crippen LogP) is 4.28. The Morgan fingerprint density at radius 3 is 2.25 bits per heavy atom. The highest BCUT2D eigenvalue weighted by Crippen LogP contribution is 2.41. The summed E-state index contributed by atoms with van der Waals surface area (Å²) in [4.78, 5) is 0. The zero-order chi connectivity index (χ0) is 13.8. The highest BCUT2D eigenvalue weighted by atomic mass is 14.8. The zero-order valence-electron chi connectivity index (χ0n) is 12.0. The van der Waals surface area contributed by atoms with Gasteiger partial charge in [-0.15, -0.1) is 0 Å². The van der Waals surface area contributed by atoms with Crippen molar-refractivity contribution in [3.8, 4) is 0 Å². The summed E-state index contributed by atoms with van der Waals surface area (Å²) < 4.78 is 0. The van der Waals surface area contributed by atoms with Crippen molar-refractivity contribution in [3.05, 3.63) is 71.8 Å². The number of benzene rings is 2. The first-order valence-electron chi connectivity index (χ1n) is 7.66. The van der Waals surface area contributed by atoms with Gasteiger partial charge in [-0.25, -0.2) is 0 Å². The minimum Gasteiger partial charge on any atom is -0.324 e. The summed E-state index contributed by atoms with van der Waals surface area (Å²) in [6.07, 6.45) is 5.88. The Morgan fingerprint density at radius 2 is 1.55 bits per heavy atom. The second-order valence-electron chi connectivity index (χ2n) is 6.10. The summed E-state index contributed by atoms with van der Waals surface area (Å²) in [7, 11) is 0. The van der Waals surface area contributed by atoms with Gasteiger partial charge in [0.25, 0.3) is 0 Å². The number of rotatable bonds is 3. The average Bonchev–Trinajstić information content (AvgIpc) is 2.49. The second-order valence-corrected chi connectivity index (χ2v) is 6.10. The van der Waals surface area contributed by atoms with E-state index in [1.807, 2.05) is 0 Å². The van der Waals surface area contributed by atoms with Crippen LogP contribution in [0.4, 0.5) is 0 Å². The van der Waals surface area contributed by atoms with E-state index in [-0.39, 0.29) is 5.54 Å². The van der Waals surface area contributed by atoms with Gasteiger partial charge in [-0.05, 0) is 30.4 Å². The van der Waals surface area contributed by atoms with E-state index in [1.165, 1.54) is 30.4 Å². The molecule has 1 aliphatic rings. The van der Waals surface area contributed by atoms with E-state index in [1.54, 1.807) is 0 Å². The lowest BCUT2D eigenvalue weighted by Gasteiger charge is -2.42. The Balaban J connectivity index is 1.88. The molecular weight excluding hydrogens is 242 g/mol. The van der Waals surface area contributed by atoms with Crippen LogP contribution >= 0.6 is 0 Å². The summed E-state index contributed by atoms with van der Waals surface area (Å²) in [6.45, 7) is 0. The molecule has 0 amide bonds. The zero-order valence-corrected chi connectivity index (χ0v) is 12.0. The molecule has 0 heterocycles. The molecule has 1 saturated carbocycles. The van der Waals surface area contributed by atoms with Crippen LogP contribution in [0.2, 0.25) is 0 Å². The first-order valence-corrected chi connectivity index (χ1v) is 7.66. The van der Waals surface area contributed by atoms with Gasteiger partial charge < -0.3 is 5.73 Å². The number of nitrogens with two attached hydrogens (primary N) is 1. The molecule has 1 fully saturated rings. The molecule has 3 rings (SSSR count). The van der Waals surface area contributed by atoms with Gasteiger partial charge in [-0.1, -0.05) is 73.5 Å². The van der Waals surface area contributed by atoms with Crippen molar-refractivity contribution in [2.45, 2.75) is 43.6 Å². The molecule has 2 N–H and O–H groups in total. The highest BCUT2D eigenvalue weighted by molar-refractivity contribution is 5.28. The van der Waals surface area contributed by atoms with Crippen molar-refractivity contribution in [1.82, 2.24) is 0 Å². The molecule has 0 radical (unpaired) electrons. The van der Waals surface area contributed by atoms with Gasteiger partial charge >= 0.3 is 0 Å². The monoisotopic (exact) mass is 265 g/mol. The van der Waals surface area contributed by atoms with E-state index in [9.17, 15) is 0 Å². The lowest BCUT2D eigenvalue weighted by molar-refractivity contribution is 0.249. The third-order valence-corrected chi connectivity index (χ3v) is 4.66. The SMILES string of the molecule is NC1(Cc2ccccc2)CCCCC1c1ccccc1. The summed E-state index contributed by atoms with van der Waals surface area (Å²) in [5.74, 6) is 0.484. The molecule has 2 unspecified atom stereocenters. The number of hydrogen-bond donors (Lipinski definition) is 1. The highest BCUT2D eigenvalue weighted by Gasteiger charge is 2.37. The van der Waals surface area contributed by atoms with Crippen LogP contribution in [0.15, 0.2) is 60.7 Å². The van der Waals surface area contributed by atoms with Crippen LogP contribution in [-0.4, -0.2) is 5.54 Å². The van der Waals surface area contributed by atoms with Gasteiger partial charge in [0.15, 0.2) is 0 Å². The molecule has 2 aromatic rings. The van der Waals surface area contributed by atoms with Crippen LogP contribution in [0.1, 0.15) is 42.7 Å². The van der Waals surface area contributed by atoms with Crippen LogP contribution in [0.25, 0.3) is 0 Å². The minimum atomic E-state index is -0.0963. The predicted molar refractivity (Wildman–Crippen MR) is 84.7 cm³/mol. The van der Waals surface area contributed by atoms with Crippen molar-refractivity contribution in [3.63, 3.8) is 0 Å². The fourth-order valence-corrected chi connectivity index (χ4v) is 3.64. The van der Waals surface area contributed by atoms with Crippen molar-refractivity contribution in [2.75, 3.05) is 0 Å². The fraction of sp³-hybridized carbons (Fsp3) is 0.368. The van der Waals surface area contributed by atoms with Gasteiger partial charge in [0.1, 0.15) is 0 Å². The second kappa shape index (κ2) is 5.80. The largest absolute Gasteiger partial charge is 0.324 e. The lowest BCUT2D eigenvalue weighted by Crippen LogP contribution is -2.49. The summed E-state index contributed by atoms with van der Waals surface area (Å²) in [5.41, 5.74) is 9.54. The first kappa shape index (κ1) is 13.4. The third-order valence-electron chi connectivity index (χ3n) is 4.66. The van der Waals surface area contributed by atoms with Crippen molar-refractivity contribution in [2.24, 2.45) is 5.73 Å². The summed E-state index contributed by atoms with van der Waals surface area (Å²) in [6, 6.07) is 21.5. The maximum absolute atomic E-state index is 6.87. The molecule has 104 valence electrons. The van der Waals surface area contributed by atoms with Crippen LogP contribution in [0, 0.1) is 0 Å². The van der Waals surface area contributed by atoms with Crippen molar-refractivity contribution in [1.29, 1.82) is 0 Å². The molecule has 1 heteroatoms. The van der Waals surface area contributed by atoms with Crippen LogP contribution in [0.3, 0.4) is 0 Å². The Hall–Kier alpha value is -1.60. The van der Waals surface area contributed by atoms with E-state index < -0.39 is 0 Å². The summed E-state index contributed by atoms with van der Waals surface area (Å²) >= 11 is 0. The standard InChI is InChI=1S/C19H23N/c20-19(15-16-9-3-1-4-10-16)14-8-7-13-18(19)17-11-5-2-6-12-17/h1-6,9-12,18H,7-8,13-15,20H2. The molecule has 1 nitrogen and oxygen atoms in total. The molecule has 0 spiro atoms. The summed E-state index contributed by atoms with van der Waals surface area (Å²) in [5, 5.41) is 0. The average molecular weight is 265 g/mol. The maximum atomic E-state index is 6.87. The van der Waals surface area contributed by atoms with Gasteiger partial charge in [0.2, 0.25) is 0 Å². The maximum Gasteiger partial charge on any atom is 0.0264 e. The number of hydrogen-bond acceptors (Lipinski definition) is 1. The van der Waals surface area contributed by atoms with E-state index in [0.717, 1.165) is 12.8 Å². The van der Waals surface area contributed by atoms with Gasteiger partial charge in [-0.3, -0.25) is 0 Å². The molecule has 0 aliphatic heterocycles. The Kier molecular flexibility index (Phi) is 3.88. The first-order chi connectivity index (χ1) is 9.78. The lowest BCUT2D eigenvalue weighted by atomic mass is 9.67. The molecule has 0 saturated heterocycles. The fourth-order valence-electron chi connectivity index (χ4n) is 3.64. The molecule has 2 aromatic carbocycles. The van der Waals surface area contributed by atoms with Crippen LogP contribution in [-0.2, 0) is 6.42 Å². The van der Waals surface area contributed by atoms with E-state index in [4.69, 9.17) is 5.73 Å². The molecule has 0 aromatic heterocycles. The topological polar surface area (TPSA) is 26.0 Å². The normalized spacial score (nSPS) is 26.4. The Labute approximate surface area is 121 Å². The third kappa shape index (κ3) is 2.78. The van der Waals surface area contributed by atoms with Crippen LogP contribution in [0.5, 0.6) is 0 Å². The molecule has 1 aliphatic carbocycles. The van der Waals surface area contributed by atoms with Gasteiger partial charge in [-0.2, -0.15) is 0 Å². The van der Waals surface area contributed by atoms with E-state index >= 15 is 0 Å². The Bertz CT molecular complexity index is 534. The molecule has 20 heavy (non-hydrogen) atoms. The smallest absolute Gasteiger partial charge is 0.0264 e. The van der Waals surface area contributed by atoms with Crippen LogP contribution < -0.4 is 5.73 Å². The molecule has 2 atom stereocenters. The Morgan fingerprint density at radius 1 is 0.900 bits per heavy atom. The van der Waals surface area contributed by atoms with Gasteiger partial charge in [0.05, 0.1) is 0 Å². The molecule has 0 bridgehead atoms. The van der Waals surface area contributed by atoms with Gasteiger partial charge in [0, 0.05) is 11.5 Å². The van der Waals surface area contributed by atoms with E-state index in [0.29, 0.717) is 5.92 Å². The quantitative estimate of drug-likeness (QED) is 0.880.